The number of hydrogen-bond donors (Lipinski definition) is 1. The maximum Gasteiger partial charge on any atom is 0.128 e. The van der Waals surface area contributed by atoms with Crippen LogP contribution in [-0.2, 0) is 0 Å². The van der Waals surface area contributed by atoms with Crippen LogP contribution in [0.4, 0.5) is 5.69 Å². The summed E-state index contributed by atoms with van der Waals surface area (Å²) in [7, 11) is 1.95. The molecule has 0 saturated heterocycles. The SMILES string of the molecule is CCC(N)C(c1ccc(C)o1)N(C)c1ccccc1C#N. The minimum atomic E-state index is -0.0989. The van der Waals surface area contributed by atoms with E-state index in [9.17, 15) is 5.26 Å². The number of aryl methyl sites for hydroxylation is 1. The Morgan fingerprint density at radius 1 is 1.29 bits per heavy atom. The number of anilines is 1. The Kier molecular flexibility index (Phi) is 4.66. The van der Waals surface area contributed by atoms with E-state index in [1.807, 2.05) is 55.3 Å². The van der Waals surface area contributed by atoms with Crippen molar-refractivity contribution in [3.05, 3.63) is 53.5 Å². The highest BCUT2D eigenvalue weighted by atomic mass is 16.3. The second-order valence-corrected chi connectivity index (χ2v) is 5.21. The number of furan rings is 1. The third-order valence-corrected chi connectivity index (χ3v) is 3.75. The molecule has 1 aromatic carbocycles. The summed E-state index contributed by atoms with van der Waals surface area (Å²) in [6, 6.07) is 13.5. The van der Waals surface area contributed by atoms with Crippen LogP contribution in [0.5, 0.6) is 0 Å². The first-order chi connectivity index (χ1) is 10.1. The standard InChI is InChI=1S/C17H21N3O/c1-4-14(19)17(16-10-9-12(2)21-16)20(3)15-8-6-5-7-13(15)11-18/h5-10,14,17H,4,19H2,1-3H3. The van der Waals surface area contributed by atoms with Gasteiger partial charge in [-0.3, -0.25) is 0 Å². The molecule has 2 unspecified atom stereocenters. The Balaban J connectivity index is 2.44. The molecule has 0 bridgehead atoms. The summed E-state index contributed by atoms with van der Waals surface area (Å²) < 4.78 is 5.78. The molecule has 1 aromatic heterocycles. The number of nitrogens with two attached hydrogens (primary N) is 1. The van der Waals surface area contributed by atoms with E-state index < -0.39 is 0 Å². The molecule has 0 aliphatic heterocycles. The second kappa shape index (κ2) is 6.47. The summed E-state index contributed by atoms with van der Waals surface area (Å²) in [5.74, 6) is 1.69. The molecule has 0 aliphatic rings. The lowest BCUT2D eigenvalue weighted by Gasteiger charge is -2.33. The minimum absolute atomic E-state index is 0.0766. The van der Waals surface area contributed by atoms with Crippen LogP contribution in [0, 0.1) is 18.3 Å². The summed E-state index contributed by atoms with van der Waals surface area (Å²) in [4.78, 5) is 2.03. The topological polar surface area (TPSA) is 66.2 Å². The zero-order valence-electron chi connectivity index (χ0n) is 12.7. The van der Waals surface area contributed by atoms with Crippen molar-refractivity contribution < 1.29 is 4.42 Å². The predicted molar refractivity (Wildman–Crippen MR) is 84.0 cm³/mol. The van der Waals surface area contributed by atoms with Gasteiger partial charge in [-0.05, 0) is 37.6 Å². The first kappa shape index (κ1) is 15.1. The third kappa shape index (κ3) is 3.09. The van der Waals surface area contributed by atoms with Crippen molar-refractivity contribution in [2.45, 2.75) is 32.4 Å². The molecule has 0 aliphatic carbocycles. The highest BCUT2D eigenvalue weighted by molar-refractivity contribution is 5.59. The number of rotatable bonds is 5. The first-order valence-electron chi connectivity index (χ1n) is 7.12. The van der Waals surface area contributed by atoms with Gasteiger partial charge in [0.1, 0.15) is 23.6 Å². The highest BCUT2D eigenvalue weighted by Gasteiger charge is 2.27. The highest BCUT2D eigenvalue weighted by Crippen LogP contribution is 2.31. The van der Waals surface area contributed by atoms with Crippen molar-refractivity contribution in [2.75, 3.05) is 11.9 Å². The van der Waals surface area contributed by atoms with E-state index >= 15 is 0 Å². The average molecular weight is 283 g/mol. The van der Waals surface area contributed by atoms with Gasteiger partial charge in [0, 0.05) is 13.1 Å². The van der Waals surface area contributed by atoms with Crippen molar-refractivity contribution in [3.63, 3.8) is 0 Å². The van der Waals surface area contributed by atoms with E-state index in [1.165, 1.54) is 0 Å². The molecule has 0 saturated carbocycles. The molecule has 21 heavy (non-hydrogen) atoms. The van der Waals surface area contributed by atoms with Crippen LogP contribution in [0.15, 0.2) is 40.8 Å². The van der Waals surface area contributed by atoms with E-state index in [-0.39, 0.29) is 12.1 Å². The summed E-state index contributed by atoms with van der Waals surface area (Å²) in [6.07, 6.45) is 0.823. The Bertz CT molecular complexity index is 641. The molecule has 4 nitrogen and oxygen atoms in total. The van der Waals surface area contributed by atoms with Gasteiger partial charge in [-0.1, -0.05) is 19.1 Å². The van der Waals surface area contributed by atoms with Gasteiger partial charge in [0.25, 0.3) is 0 Å². The van der Waals surface area contributed by atoms with Gasteiger partial charge in [-0.2, -0.15) is 5.26 Å². The maximum atomic E-state index is 9.29. The molecule has 0 spiro atoms. The average Bonchev–Trinajstić information content (AvgIpc) is 2.93. The molecule has 1 heterocycles. The summed E-state index contributed by atoms with van der Waals surface area (Å²) in [5.41, 5.74) is 7.80. The fourth-order valence-corrected chi connectivity index (χ4v) is 2.55. The summed E-state index contributed by atoms with van der Waals surface area (Å²) in [5, 5.41) is 9.29. The van der Waals surface area contributed by atoms with Crippen LogP contribution in [0.3, 0.4) is 0 Å². The largest absolute Gasteiger partial charge is 0.464 e. The van der Waals surface area contributed by atoms with Gasteiger partial charge in [0.2, 0.25) is 0 Å². The van der Waals surface area contributed by atoms with Gasteiger partial charge < -0.3 is 15.1 Å². The Hall–Kier alpha value is -2.25. The number of benzene rings is 1. The molecule has 2 aromatic rings. The molecular formula is C17H21N3O. The first-order valence-corrected chi connectivity index (χ1v) is 7.12. The summed E-state index contributed by atoms with van der Waals surface area (Å²) >= 11 is 0. The molecular weight excluding hydrogens is 262 g/mol. The number of likely N-dealkylation sites (N-methyl/N-ethyl adjacent to an activating group) is 1. The number of nitrogens with zero attached hydrogens (tertiary/aromatic N) is 2. The fraction of sp³-hybridized carbons (Fsp3) is 0.353. The van der Waals surface area contributed by atoms with E-state index in [2.05, 4.69) is 13.0 Å². The van der Waals surface area contributed by atoms with E-state index in [1.54, 1.807) is 0 Å². The lowest BCUT2D eigenvalue weighted by molar-refractivity contribution is 0.395. The van der Waals surface area contributed by atoms with Gasteiger partial charge in [-0.25, -0.2) is 0 Å². The molecule has 4 heteroatoms. The van der Waals surface area contributed by atoms with Crippen molar-refractivity contribution in [2.24, 2.45) is 5.73 Å². The molecule has 0 radical (unpaired) electrons. The van der Waals surface area contributed by atoms with Gasteiger partial charge >= 0.3 is 0 Å². The molecule has 2 atom stereocenters. The zero-order chi connectivity index (χ0) is 15.4. The van der Waals surface area contributed by atoms with E-state index in [0.717, 1.165) is 23.6 Å². The molecule has 2 rings (SSSR count). The monoisotopic (exact) mass is 283 g/mol. The molecule has 110 valence electrons. The van der Waals surface area contributed by atoms with Crippen LogP contribution in [-0.4, -0.2) is 13.1 Å². The minimum Gasteiger partial charge on any atom is -0.464 e. The predicted octanol–water partition coefficient (Wildman–Crippen LogP) is 3.37. The lowest BCUT2D eigenvalue weighted by Crippen LogP contribution is -2.39. The number of hydrogen-bond acceptors (Lipinski definition) is 4. The number of nitriles is 1. The van der Waals surface area contributed by atoms with E-state index in [0.29, 0.717) is 5.56 Å². The van der Waals surface area contributed by atoms with Crippen LogP contribution in [0.25, 0.3) is 0 Å². The summed E-state index contributed by atoms with van der Waals surface area (Å²) in [6.45, 7) is 3.97. The second-order valence-electron chi connectivity index (χ2n) is 5.21. The zero-order valence-corrected chi connectivity index (χ0v) is 12.7. The van der Waals surface area contributed by atoms with Crippen molar-refractivity contribution in [1.82, 2.24) is 0 Å². The van der Waals surface area contributed by atoms with Crippen LogP contribution < -0.4 is 10.6 Å². The van der Waals surface area contributed by atoms with Crippen molar-refractivity contribution in [1.29, 1.82) is 5.26 Å². The normalized spacial score (nSPS) is 13.5. The Morgan fingerprint density at radius 3 is 2.57 bits per heavy atom. The lowest BCUT2D eigenvalue weighted by atomic mass is 10.0. The fourth-order valence-electron chi connectivity index (χ4n) is 2.55. The smallest absolute Gasteiger partial charge is 0.128 e. The van der Waals surface area contributed by atoms with Crippen molar-refractivity contribution in [3.8, 4) is 6.07 Å². The quantitative estimate of drug-likeness (QED) is 0.913. The van der Waals surface area contributed by atoms with Crippen LogP contribution in [0.2, 0.25) is 0 Å². The third-order valence-electron chi connectivity index (χ3n) is 3.75. The van der Waals surface area contributed by atoms with E-state index in [4.69, 9.17) is 10.2 Å². The van der Waals surface area contributed by atoms with Gasteiger partial charge in [-0.15, -0.1) is 0 Å². The Labute approximate surface area is 125 Å². The molecule has 2 N–H and O–H groups in total. The van der Waals surface area contributed by atoms with Crippen LogP contribution >= 0.6 is 0 Å². The molecule has 0 amide bonds. The number of para-hydroxylation sites is 1. The Morgan fingerprint density at radius 2 is 2.00 bits per heavy atom. The molecule has 0 fully saturated rings. The maximum absolute atomic E-state index is 9.29. The van der Waals surface area contributed by atoms with Crippen LogP contribution in [0.1, 0.15) is 36.5 Å². The van der Waals surface area contributed by atoms with Crippen molar-refractivity contribution >= 4 is 5.69 Å². The van der Waals surface area contributed by atoms with Gasteiger partial charge in [0.15, 0.2) is 0 Å². The van der Waals surface area contributed by atoms with Gasteiger partial charge in [0.05, 0.1) is 11.3 Å².